The maximum atomic E-state index is 7.00. The molecule has 6 rings (SSSR count). The number of methoxy groups -OCH3 is 4. The van der Waals surface area contributed by atoms with Crippen LogP contribution in [0.4, 0.5) is 0 Å². The van der Waals surface area contributed by atoms with Crippen LogP contribution in [0.25, 0.3) is 43.9 Å². The molecule has 65 heavy (non-hydrogen) atoms. The molecule has 2 heterocycles. The summed E-state index contributed by atoms with van der Waals surface area (Å²) in [7, 11) is 2.87. The van der Waals surface area contributed by atoms with Gasteiger partial charge in [0.1, 0.15) is 45.3 Å². The fourth-order valence-electron chi connectivity index (χ4n) is 8.12. The Balaban J connectivity index is 1.52. The van der Waals surface area contributed by atoms with Gasteiger partial charge in [-0.05, 0) is 110 Å². The summed E-state index contributed by atoms with van der Waals surface area (Å²) in [5.41, 5.74) is 5.93. The van der Waals surface area contributed by atoms with E-state index in [1.165, 1.54) is 0 Å². The van der Waals surface area contributed by atoms with Crippen LogP contribution in [0.3, 0.4) is 0 Å². The Kier molecular flexibility index (Phi) is 15.1. The number of ether oxygens (including phenoxy) is 4. The van der Waals surface area contributed by atoms with Gasteiger partial charge in [-0.15, -0.1) is 0 Å². The molecule has 6 aromatic rings. The Morgan fingerprint density at radius 1 is 0.400 bits per heavy atom. The Labute approximate surface area is 388 Å². The zero-order valence-corrected chi connectivity index (χ0v) is 44.1. The molecule has 0 spiro atoms. The maximum absolute atomic E-state index is 7.00. The molecule has 10 nitrogen and oxygen atoms in total. The fraction of sp³-hybridized carbons (Fsp3) is 0.547. The second kappa shape index (κ2) is 19.6. The number of hydrogen-bond acceptors (Lipinski definition) is 10. The number of benzene rings is 4. The molecule has 0 saturated heterocycles. The molecule has 4 aromatic carbocycles. The van der Waals surface area contributed by atoms with Crippen molar-refractivity contribution in [3.05, 3.63) is 70.8 Å². The number of fused-ring (bicyclic) bond motifs is 6. The fourth-order valence-corrected chi connectivity index (χ4v) is 10.5. The molecule has 0 aliphatic rings. The third-order valence-corrected chi connectivity index (χ3v) is 16.5. The van der Waals surface area contributed by atoms with E-state index in [9.17, 15) is 0 Å². The predicted molar refractivity (Wildman–Crippen MR) is 269 cm³/mol. The molecule has 12 heteroatoms. The first-order valence-electron chi connectivity index (χ1n) is 23.2. The third kappa shape index (κ3) is 10.2. The molecule has 0 amide bonds. The van der Waals surface area contributed by atoms with Gasteiger partial charge in [0.2, 0.25) is 0 Å². The summed E-state index contributed by atoms with van der Waals surface area (Å²) in [6, 6.07) is 16.4. The van der Waals surface area contributed by atoms with Gasteiger partial charge in [-0.25, -0.2) is 0 Å². The van der Waals surface area contributed by atoms with Crippen LogP contribution in [-0.2, 0) is 21.7 Å². The van der Waals surface area contributed by atoms with Gasteiger partial charge in [0.25, 0.3) is 0 Å². The first kappa shape index (κ1) is 50.2. The average molecular weight is 933 g/mol. The van der Waals surface area contributed by atoms with Crippen molar-refractivity contribution in [3.8, 4) is 23.0 Å². The van der Waals surface area contributed by atoms with Crippen molar-refractivity contribution in [2.24, 2.45) is 0 Å². The standard InChI is InChI=1S/C53H74O10P2/c1-19-50(7,8)42-28-34(54-15)24-38-39-25-35(55-16)29-43(51(9,10)20-2)47(39)61-64(60-46(38)42)58-32(5)23-33(6)59-65-62-48-40(26-36(56-17)30-44(48)52(11,12)21-3)41-27-37(57-18)31-45(49(41)63-65)53(13,14)22-4/h24-33H,19-23H2,1-18H3/t32-,33-/m1/s1. The highest BCUT2D eigenvalue weighted by molar-refractivity contribution is 7.32. The van der Waals surface area contributed by atoms with Crippen molar-refractivity contribution in [2.75, 3.05) is 28.4 Å². The average Bonchev–Trinajstić information content (AvgIpc) is 3.53. The van der Waals surface area contributed by atoms with Gasteiger partial charge in [0.05, 0.1) is 40.6 Å². The zero-order valence-electron chi connectivity index (χ0n) is 42.3. The van der Waals surface area contributed by atoms with Crippen molar-refractivity contribution in [2.45, 2.75) is 163 Å². The lowest BCUT2D eigenvalue weighted by Crippen LogP contribution is -2.21. The first-order chi connectivity index (χ1) is 30.6. The van der Waals surface area contributed by atoms with E-state index in [1.54, 1.807) is 28.4 Å². The lowest BCUT2D eigenvalue weighted by atomic mass is 9.80. The monoisotopic (exact) mass is 932 g/mol. The van der Waals surface area contributed by atoms with Crippen LogP contribution in [0.2, 0.25) is 0 Å². The van der Waals surface area contributed by atoms with Crippen molar-refractivity contribution in [1.82, 2.24) is 0 Å². The minimum atomic E-state index is -1.97. The lowest BCUT2D eigenvalue weighted by molar-refractivity contribution is 0.184. The normalized spacial score (nSPS) is 13.7. The molecule has 0 fully saturated rings. The van der Waals surface area contributed by atoms with Gasteiger partial charge in [-0.2, -0.15) is 0 Å². The minimum Gasteiger partial charge on any atom is -0.497 e. The summed E-state index contributed by atoms with van der Waals surface area (Å²) in [5, 5.41) is 3.49. The highest BCUT2D eigenvalue weighted by Gasteiger charge is 2.31. The molecular weight excluding hydrogens is 859 g/mol. The molecule has 0 aliphatic heterocycles. The van der Waals surface area contributed by atoms with E-state index in [0.29, 0.717) is 6.42 Å². The van der Waals surface area contributed by atoms with E-state index in [2.05, 4.69) is 107 Å². The molecule has 0 unspecified atom stereocenters. The van der Waals surface area contributed by atoms with Gasteiger partial charge in [0.15, 0.2) is 0 Å². The van der Waals surface area contributed by atoms with Crippen molar-refractivity contribution < 1.29 is 44.8 Å². The number of hydrogen-bond donors (Lipinski definition) is 0. The van der Waals surface area contributed by atoms with Gasteiger partial charge in [-0.1, -0.05) is 83.1 Å². The van der Waals surface area contributed by atoms with Crippen LogP contribution < -0.4 is 28.0 Å². The van der Waals surface area contributed by atoms with E-state index < -0.39 is 16.5 Å². The molecule has 0 aliphatic carbocycles. The van der Waals surface area contributed by atoms with Crippen molar-refractivity contribution >= 4 is 60.4 Å². The highest BCUT2D eigenvalue weighted by Crippen LogP contribution is 2.48. The highest BCUT2D eigenvalue weighted by atomic mass is 31.1. The molecule has 0 N–H and O–H groups in total. The SMILES string of the molecule is CCC(C)(C)c1cc(OC)cc2c1op(O[C@H](C)C[C@@H](C)Op1oc3c(C(C)(C)CC)cc(OC)cc3c3cc(OC)cc(C(C)(C)CC)c3o1)oc1c(C(C)(C)CC)cc(OC)cc12. The molecule has 0 saturated carbocycles. The largest absolute Gasteiger partial charge is 0.497 e. The first-order valence-corrected chi connectivity index (χ1v) is 25.4. The van der Waals surface area contributed by atoms with E-state index in [1.807, 2.05) is 38.1 Å². The second-order valence-electron chi connectivity index (χ2n) is 20.0. The van der Waals surface area contributed by atoms with Crippen LogP contribution in [-0.4, -0.2) is 40.6 Å². The zero-order chi connectivity index (χ0) is 47.8. The van der Waals surface area contributed by atoms with Crippen LogP contribution in [0.5, 0.6) is 23.0 Å². The summed E-state index contributed by atoms with van der Waals surface area (Å²) in [5.74, 6) is 2.96. The van der Waals surface area contributed by atoms with Gasteiger partial charge in [0, 0.05) is 50.2 Å². The molecule has 2 atom stereocenters. The van der Waals surface area contributed by atoms with E-state index in [0.717, 1.165) is 115 Å². The smallest absolute Gasteiger partial charge is 0.387 e. The Morgan fingerprint density at radius 3 is 0.800 bits per heavy atom. The van der Waals surface area contributed by atoms with Crippen LogP contribution in [0, 0.1) is 0 Å². The topological polar surface area (TPSA) is 108 Å². The van der Waals surface area contributed by atoms with Gasteiger partial charge in [-0.3, -0.25) is 9.05 Å². The van der Waals surface area contributed by atoms with Crippen LogP contribution in [0.15, 0.2) is 65.3 Å². The predicted octanol–water partition coefficient (Wildman–Crippen LogP) is 16.4. The molecular formula is C53H74O10P2. The quantitative estimate of drug-likeness (QED) is 0.0826. The van der Waals surface area contributed by atoms with Gasteiger partial charge < -0.3 is 35.7 Å². The van der Waals surface area contributed by atoms with Crippen molar-refractivity contribution in [1.29, 1.82) is 0 Å². The van der Waals surface area contributed by atoms with Crippen LogP contribution in [0.1, 0.15) is 151 Å². The summed E-state index contributed by atoms with van der Waals surface area (Å²) in [6.45, 7) is 30.6. The van der Waals surface area contributed by atoms with E-state index in [4.69, 9.17) is 44.8 Å². The Hall–Kier alpha value is -4.20. The molecule has 356 valence electrons. The minimum absolute atomic E-state index is 0.255. The van der Waals surface area contributed by atoms with Crippen molar-refractivity contribution in [3.63, 3.8) is 0 Å². The molecule has 2 aromatic heterocycles. The Bertz CT molecular complexity index is 2380. The summed E-state index contributed by atoms with van der Waals surface area (Å²) >= 11 is 0. The summed E-state index contributed by atoms with van der Waals surface area (Å²) in [4.78, 5) is 0. The van der Waals surface area contributed by atoms with E-state index >= 15 is 0 Å². The van der Waals surface area contributed by atoms with Gasteiger partial charge >= 0.3 is 16.5 Å². The lowest BCUT2D eigenvalue weighted by Gasteiger charge is -2.25. The molecule has 0 bridgehead atoms. The van der Waals surface area contributed by atoms with E-state index in [-0.39, 0.29) is 33.9 Å². The maximum Gasteiger partial charge on any atom is 0.387 e. The second-order valence-corrected chi connectivity index (χ2v) is 22.1. The summed E-state index contributed by atoms with van der Waals surface area (Å²) < 4.78 is 65.4. The number of rotatable bonds is 18. The molecule has 0 radical (unpaired) electrons. The third-order valence-electron chi connectivity index (χ3n) is 14.1. The van der Waals surface area contributed by atoms with Crippen LogP contribution >= 0.6 is 16.5 Å². The summed E-state index contributed by atoms with van der Waals surface area (Å²) in [6.07, 6.45) is 3.27. The Morgan fingerprint density at radius 2 is 0.615 bits per heavy atom.